The van der Waals surface area contributed by atoms with Crippen LogP contribution in [0.15, 0.2) is 22.8 Å². The molecule has 1 aromatic rings. The first kappa shape index (κ1) is 12.7. The zero-order valence-corrected chi connectivity index (χ0v) is 10.8. The highest BCUT2D eigenvalue weighted by Gasteiger charge is 2.29. The summed E-state index contributed by atoms with van der Waals surface area (Å²) in [5, 5.41) is 7.11. The molecule has 1 aromatic heterocycles. The molecule has 1 aliphatic heterocycles. The van der Waals surface area contributed by atoms with Crippen molar-refractivity contribution >= 4 is 0 Å². The SMILES string of the molecule is CCC1(CNCCc2ccco2)CCCNC1. The summed E-state index contributed by atoms with van der Waals surface area (Å²) in [7, 11) is 0. The smallest absolute Gasteiger partial charge is 0.105 e. The van der Waals surface area contributed by atoms with Gasteiger partial charge in [-0.2, -0.15) is 0 Å². The molecule has 1 fully saturated rings. The lowest BCUT2D eigenvalue weighted by molar-refractivity contribution is 0.193. The molecule has 1 saturated heterocycles. The van der Waals surface area contributed by atoms with Crippen molar-refractivity contribution < 1.29 is 4.42 Å². The van der Waals surface area contributed by atoms with Gasteiger partial charge in [0, 0.05) is 26.1 Å². The summed E-state index contributed by atoms with van der Waals surface area (Å²) in [6, 6.07) is 3.99. The highest BCUT2D eigenvalue weighted by molar-refractivity contribution is 4.98. The van der Waals surface area contributed by atoms with E-state index in [0.717, 1.165) is 31.8 Å². The van der Waals surface area contributed by atoms with E-state index < -0.39 is 0 Å². The lowest BCUT2D eigenvalue weighted by Crippen LogP contribution is -2.46. The molecule has 17 heavy (non-hydrogen) atoms. The van der Waals surface area contributed by atoms with Gasteiger partial charge in [-0.15, -0.1) is 0 Å². The van der Waals surface area contributed by atoms with Crippen LogP contribution in [0.5, 0.6) is 0 Å². The second-order valence-corrected chi connectivity index (χ2v) is 5.14. The molecule has 0 spiro atoms. The fraction of sp³-hybridized carbons (Fsp3) is 0.714. The molecular weight excluding hydrogens is 212 g/mol. The molecule has 1 unspecified atom stereocenters. The van der Waals surface area contributed by atoms with Crippen LogP contribution >= 0.6 is 0 Å². The lowest BCUT2D eigenvalue weighted by atomic mass is 9.78. The second kappa shape index (κ2) is 6.22. The summed E-state index contributed by atoms with van der Waals surface area (Å²) in [6.45, 7) is 6.79. The van der Waals surface area contributed by atoms with Crippen molar-refractivity contribution in [2.45, 2.75) is 32.6 Å². The minimum Gasteiger partial charge on any atom is -0.469 e. The summed E-state index contributed by atoms with van der Waals surface area (Å²) in [5.41, 5.74) is 0.474. The lowest BCUT2D eigenvalue weighted by Gasteiger charge is -2.37. The van der Waals surface area contributed by atoms with Gasteiger partial charge in [0.2, 0.25) is 0 Å². The number of rotatable bonds is 6. The van der Waals surface area contributed by atoms with Crippen LogP contribution in [0, 0.1) is 5.41 Å². The first-order valence-corrected chi connectivity index (χ1v) is 6.78. The maximum absolute atomic E-state index is 5.32. The number of hydrogen-bond donors (Lipinski definition) is 2. The average molecular weight is 236 g/mol. The van der Waals surface area contributed by atoms with Crippen molar-refractivity contribution in [1.29, 1.82) is 0 Å². The zero-order valence-electron chi connectivity index (χ0n) is 10.8. The van der Waals surface area contributed by atoms with E-state index in [2.05, 4.69) is 17.6 Å². The van der Waals surface area contributed by atoms with E-state index in [1.165, 1.54) is 25.8 Å². The average Bonchev–Trinajstić information content (AvgIpc) is 2.89. The van der Waals surface area contributed by atoms with E-state index >= 15 is 0 Å². The van der Waals surface area contributed by atoms with Gasteiger partial charge in [0.15, 0.2) is 0 Å². The molecule has 0 saturated carbocycles. The number of piperidine rings is 1. The first-order valence-electron chi connectivity index (χ1n) is 6.78. The summed E-state index contributed by atoms with van der Waals surface area (Å²) < 4.78 is 5.32. The molecule has 3 heteroatoms. The Morgan fingerprint density at radius 2 is 2.47 bits per heavy atom. The van der Waals surface area contributed by atoms with Crippen molar-refractivity contribution in [3.05, 3.63) is 24.2 Å². The summed E-state index contributed by atoms with van der Waals surface area (Å²) in [4.78, 5) is 0. The quantitative estimate of drug-likeness (QED) is 0.743. The Morgan fingerprint density at radius 3 is 3.12 bits per heavy atom. The molecule has 1 aliphatic rings. The molecule has 0 amide bonds. The molecule has 1 atom stereocenters. The van der Waals surface area contributed by atoms with E-state index in [1.54, 1.807) is 6.26 Å². The van der Waals surface area contributed by atoms with E-state index in [0.29, 0.717) is 5.41 Å². The fourth-order valence-corrected chi connectivity index (χ4v) is 2.63. The van der Waals surface area contributed by atoms with Crippen LogP contribution in [-0.2, 0) is 6.42 Å². The maximum atomic E-state index is 5.32. The van der Waals surface area contributed by atoms with Crippen LogP contribution in [0.1, 0.15) is 31.9 Å². The Hall–Kier alpha value is -0.800. The molecule has 0 aliphatic carbocycles. The van der Waals surface area contributed by atoms with Crippen molar-refractivity contribution in [2.75, 3.05) is 26.2 Å². The van der Waals surface area contributed by atoms with Crippen LogP contribution in [0.25, 0.3) is 0 Å². The normalized spacial score (nSPS) is 25.0. The number of furan rings is 1. The third kappa shape index (κ3) is 3.58. The molecule has 2 rings (SSSR count). The molecule has 0 aromatic carbocycles. The van der Waals surface area contributed by atoms with Crippen LogP contribution < -0.4 is 10.6 Å². The van der Waals surface area contributed by atoms with Crippen molar-refractivity contribution in [2.24, 2.45) is 5.41 Å². The summed E-state index contributed by atoms with van der Waals surface area (Å²) in [5.74, 6) is 1.07. The third-order valence-electron chi connectivity index (χ3n) is 3.94. The highest BCUT2D eigenvalue weighted by atomic mass is 16.3. The van der Waals surface area contributed by atoms with E-state index in [4.69, 9.17) is 4.42 Å². The van der Waals surface area contributed by atoms with Gasteiger partial charge < -0.3 is 15.1 Å². The van der Waals surface area contributed by atoms with Crippen molar-refractivity contribution in [1.82, 2.24) is 10.6 Å². The maximum Gasteiger partial charge on any atom is 0.105 e. The van der Waals surface area contributed by atoms with Crippen molar-refractivity contribution in [3.8, 4) is 0 Å². The van der Waals surface area contributed by atoms with Gasteiger partial charge >= 0.3 is 0 Å². The Kier molecular flexibility index (Phi) is 4.63. The van der Waals surface area contributed by atoms with Gasteiger partial charge in [0.05, 0.1) is 6.26 Å². The van der Waals surface area contributed by atoms with Gasteiger partial charge in [-0.3, -0.25) is 0 Å². The predicted octanol–water partition coefficient (Wildman–Crippen LogP) is 2.19. The highest BCUT2D eigenvalue weighted by Crippen LogP contribution is 2.28. The van der Waals surface area contributed by atoms with Crippen molar-refractivity contribution in [3.63, 3.8) is 0 Å². The fourth-order valence-electron chi connectivity index (χ4n) is 2.63. The minimum atomic E-state index is 0.474. The van der Waals surface area contributed by atoms with Gasteiger partial charge in [-0.1, -0.05) is 6.92 Å². The Balaban J connectivity index is 1.69. The van der Waals surface area contributed by atoms with E-state index in [1.807, 2.05) is 12.1 Å². The molecule has 96 valence electrons. The van der Waals surface area contributed by atoms with Crippen LogP contribution in [0.2, 0.25) is 0 Å². The van der Waals surface area contributed by atoms with Gasteiger partial charge in [-0.05, 0) is 43.4 Å². The molecule has 0 radical (unpaired) electrons. The standard InChI is InChI=1S/C14H24N2O/c1-2-14(7-4-8-15-11-14)12-16-9-6-13-5-3-10-17-13/h3,5,10,15-16H,2,4,6-9,11-12H2,1H3. The monoisotopic (exact) mass is 236 g/mol. The molecule has 2 N–H and O–H groups in total. The molecule has 2 heterocycles. The van der Waals surface area contributed by atoms with Crippen LogP contribution in [-0.4, -0.2) is 26.2 Å². The summed E-state index contributed by atoms with van der Waals surface area (Å²) in [6.07, 6.45) is 6.65. The molecule has 0 bridgehead atoms. The second-order valence-electron chi connectivity index (χ2n) is 5.14. The first-order chi connectivity index (χ1) is 8.35. The molecule has 3 nitrogen and oxygen atoms in total. The predicted molar refractivity (Wildman–Crippen MR) is 70.1 cm³/mol. The van der Waals surface area contributed by atoms with Gasteiger partial charge in [0.1, 0.15) is 5.76 Å². The van der Waals surface area contributed by atoms with E-state index in [9.17, 15) is 0 Å². The van der Waals surface area contributed by atoms with E-state index in [-0.39, 0.29) is 0 Å². The zero-order chi connectivity index (χ0) is 12.0. The number of nitrogens with one attached hydrogen (secondary N) is 2. The number of hydrogen-bond acceptors (Lipinski definition) is 3. The van der Waals surface area contributed by atoms with Crippen LogP contribution in [0.3, 0.4) is 0 Å². The summed E-state index contributed by atoms with van der Waals surface area (Å²) >= 11 is 0. The molecular formula is C14H24N2O. The van der Waals surface area contributed by atoms with Gasteiger partial charge in [0.25, 0.3) is 0 Å². The Labute approximate surface area is 104 Å². The van der Waals surface area contributed by atoms with Gasteiger partial charge in [-0.25, -0.2) is 0 Å². The topological polar surface area (TPSA) is 37.2 Å². The Morgan fingerprint density at radius 1 is 1.53 bits per heavy atom. The third-order valence-corrected chi connectivity index (χ3v) is 3.94. The Bertz CT molecular complexity index is 302. The van der Waals surface area contributed by atoms with Crippen LogP contribution in [0.4, 0.5) is 0 Å². The largest absolute Gasteiger partial charge is 0.469 e. The minimum absolute atomic E-state index is 0.474.